The summed E-state index contributed by atoms with van der Waals surface area (Å²) >= 11 is 0. The summed E-state index contributed by atoms with van der Waals surface area (Å²) in [5.41, 5.74) is 9.99. The number of amides is 5. The number of hydrogen-bond acceptors (Lipinski definition) is 9. The highest BCUT2D eigenvalue weighted by Crippen LogP contribution is 2.29. The number of hydrogen-bond donors (Lipinski definition) is 6. The fourth-order valence-corrected chi connectivity index (χ4v) is 5.55. The van der Waals surface area contributed by atoms with E-state index in [-0.39, 0.29) is 18.9 Å². The lowest BCUT2D eigenvalue weighted by molar-refractivity contribution is -0.160. The van der Waals surface area contributed by atoms with E-state index in [1.807, 2.05) is 13.8 Å². The second kappa shape index (κ2) is 21.2. The summed E-state index contributed by atoms with van der Waals surface area (Å²) in [4.78, 5) is 80.2. The molecular weight excluding hydrogens is 644 g/mol. The van der Waals surface area contributed by atoms with Crippen molar-refractivity contribution in [3.05, 3.63) is 35.9 Å². The Bertz CT molecular complexity index is 1280. The number of nitrogens with zero attached hydrogens (tertiary/aromatic N) is 1. The first-order valence-corrected chi connectivity index (χ1v) is 17.5. The van der Waals surface area contributed by atoms with E-state index < -0.39 is 83.7 Å². The molecule has 14 heteroatoms. The van der Waals surface area contributed by atoms with Crippen LogP contribution in [-0.2, 0) is 33.5 Å². The number of primary amides is 1. The van der Waals surface area contributed by atoms with Crippen molar-refractivity contribution < 1.29 is 38.6 Å². The van der Waals surface area contributed by atoms with Gasteiger partial charge in [-0.1, -0.05) is 84.2 Å². The van der Waals surface area contributed by atoms with Gasteiger partial charge in [-0.05, 0) is 44.6 Å². The number of aliphatic hydroxyl groups is 1. The third-order valence-corrected chi connectivity index (χ3v) is 9.05. The highest BCUT2D eigenvalue weighted by atomic mass is 16.5. The minimum Gasteiger partial charge on any atom is -0.460 e. The molecule has 0 spiro atoms. The van der Waals surface area contributed by atoms with Crippen molar-refractivity contribution in [1.29, 1.82) is 0 Å². The zero-order chi connectivity index (χ0) is 38.2. The molecule has 8 N–H and O–H groups in total. The molecule has 0 aliphatic heterocycles. The zero-order valence-corrected chi connectivity index (χ0v) is 31.0. The highest BCUT2D eigenvalue weighted by Gasteiger charge is 2.44. The Morgan fingerprint density at radius 1 is 0.920 bits per heavy atom. The molecule has 282 valence electrons. The standard InChI is InChI=1S/C36H60N6O8/c1-9-10-11-15-18-28(50-29(44)21-39-32(46)23(4)25(6)43)24(5)34(48)42(8)36(7,19-22(2)3)35(49)41-30(26-16-13-12-14-17-26)33(47)40-27(20-37)31(38)45/h12-14,16-17,22-25,27-28,30,43H,9-11,15,18-21,37H2,1-8H3,(H2,38,45)(H,39,46)(H,40,47)(H,41,49)/t23-,24+,25-,27-,28+,30-,36+/m0/s1. The lowest BCUT2D eigenvalue weighted by atomic mass is 9.86. The highest BCUT2D eigenvalue weighted by molar-refractivity contribution is 5.96. The Morgan fingerprint density at radius 3 is 2.06 bits per heavy atom. The minimum absolute atomic E-state index is 0.0629. The van der Waals surface area contributed by atoms with E-state index >= 15 is 0 Å². The number of aliphatic hydroxyl groups excluding tert-OH is 1. The van der Waals surface area contributed by atoms with E-state index in [2.05, 4.69) is 22.9 Å². The Balaban J connectivity index is 3.37. The van der Waals surface area contributed by atoms with Gasteiger partial charge in [-0.3, -0.25) is 28.8 Å². The van der Waals surface area contributed by atoms with E-state index in [1.54, 1.807) is 44.2 Å². The van der Waals surface area contributed by atoms with Gasteiger partial charge in [0.2, 0.25) is 29.5 Å². The van der Waals surface area contributed by atoms with Crippen LogP contribution in [0.1, 0.15) is 98.6 Å². The van der Waals surface area contributed by atoms with E-state index in [0.717, 1.165) is 19.3 Å². The van der Waals surface area contributed by atoms with Gasteiger partial charge in [-0.25, -0.2) is 0 Å². The second-order valence-corrected chi connectivity index (χ2v) is 13.7. The van der Waals surface area contributed by atoms with Crippen molar-refractivity contribution in [2.75, 3.05) is 20.1 Å². The molecule has 0 heterocycles. The summed E-state index contributed by atoms with van der Waals surface area (Å²) in [5, 5.41) is 17.5. The van der Waals surface area contributed by atoms with Gasteiger partial charge >= 0.3 is 5.97 Å². The summed E-state index contributed by atoms with van der Waals surface area (Å²) < 4.78 is 5.76. The maximum absolute atomic E-state index is 14.2. The molecule has 0 unspecified atom stereocenters. The van der Waals surface area contributed by atoms with Crippen LogP contribution in [0.3, 0.4) is 0 Å². The van der Waals surface area contributed by atoms with Crippen molar-refractivity contribution in [1.82, 2.24) is 20.9 Å². The number of nitrogens with two attached hydrogens (primary N) is 2. The molecule has 1 aromatic carbocycles. The van der Waals surface area contributed by atoms with Gasteiger partial charge in [-0.15, -0.1) is 0 Å². The van der Waals surface area contributed by atoms with Crippen LogP contribution in [0.5, 0.6) is 0 Å². The van der Waals surface area contributed by atoms with Crippen molar-refractivity contribution >= 4 is 35.5 Å². The molecule has 0 fully saturated rings. The molecule has 0 radical (unpaired) electrons. The number of esters is 1. The van der Waals surface area contributed by atoms with Gasteiger partial charge in [0.25, 0.3) is 0 Å². The summed E-state index contributed by atoms with van der Waals surface area (Å²) in [6.45, 7) is 11.4. The van der Waals surface area contributed by atoms with Crippen LogP contribution in [0.4, 0.5) is 0 Å². The molecule has 0 saturated carbocycles. The van der Waals surface area contributed by atoms with Crippen LogP contribution >= 0.6 is 0 Å². The summed E-state index contributed by atoms with van der Waals surface area (Å²) in [6, 6.07) is 6.03. The van der Waals surface area contributed by atoms with Crippen LogP contribution in [-0.4, -0.2) is 89.4 Å². The van der Waals surface area contributed by atoms with Crippen molar-refractivity contribution in [3.63, 3.8) is 0 Å². The number of likely N-dealkylation sites (N-methyl/N-ethyl adjacent to an activating group) is 1. The molecular formula is C36H60N6O8. The zero-order valence-electron chi connectivity index (χ0n) is 31.0. The molecule has 1 rings (SSSR count). The second-order valence-electron chi connectivity index (χ2n) is 13.7. The molecule has 50 heavy (non-hydrogen) atoms. The lowest BCUT2D eigenvalue weighted by Crippen LogP contribution is -2.61. The molecule has 0 saturated heterocycles. The summed E-state index contributed by atoms with van der Waals surface area (Å²) in [7, 11) is 1.50. The number of carbonyl (C=O) groups excluding carboxylic acids is 6. The van der Waals surface area contributed by atoms with E-state index in [1.165, 1.54) is 25.8 Å². The number of unbranched alkanes of at least 4 members (excludes halogenated alkanes) is 3. The molecule has 5 amide bonds. The van der Waals surface area contributed by atoms with Gasteiger partial charge < -0.3 is 42.2 Å². The fraction of sp³-hybridized carbons (Fsp3) is 0.667. The van der Waals surface area contributed by atoms with Gasteiger partial charge in [-0.2, -0.15) is 0 Å². The quantitative estimate of drug-likeness (QED) is 0.0762. The van der Waals surface area contributed by atoms with Crippen LogP contribution in [0, 0.1) is 17.8 Å². The van der Waals surface area contributed by atoms with Crippen molar-refractivity contribution in [2.45, 2.75) is 117 Å². The fourth-order valence-electron chi connectivity index (χ4n) is 5.55. The van der Waals surface area contributed by atoms with Gasteiger partial charge in [0, 0.05) is 13.6 Å². The maximum atomic E-state index is 14.2. The van der Waals surface area contributed by atoms with E-state index in [0.29, 0.717) is 18.4 Å². The number of ether oxygens (including phenoxy) is 1. The molecule has 0 bridgehead atoms. The summed E-state index contributed by atoms with van der Waals surface area (Å²) in [6.07, 6.45) is 2.34. The maximum Gasteiger partial charge on any atom is 0.325 e. The average molecular weight is 705 g/mol. The molecule has 1 aromatic rings. The third-order valence-electron chi connectivity index (χ3n) is 9.05. The number of nitrogens with one attached hydrogen (secondary N) is 3. The van der Waals surface area contributed by atoms with Gasteiger partial charge in [0.15, 0.2) is 0 Å². The first-order valence-electron chi connectivity index (χ1n) is 17.5. The van der Waals surface area contributed by atoms with Crippen molar-refractivity contribution in [3.8, 4) is 0 Å². The van der Waals surface area contributed by atoms with Crippen molar-refractivity contribution in [2.24, 2.45) is 29.2 Å². The van der Waals surface area contributed by atoms with E-state index in [4.69, 9.17) is 16.2 Å². The average Bonchev–Trinajstić information content (AvgIpc) is 3.07. The molecule has 14 nitrogen and oxygen atoms in total. The lowest BCUT2D eigenvalue weighted by Gasteiger charge is -2.41. The molecule has 7 atom stereocenters. The van der Waals surface area contributed by atoms with Gasteiger partial charge in [0.05, 0.1) is 17.9 Å². The largest absolute Gasteiger partial charge is 0.460 e. The van der Waals surface area contributed by atoms with Crippen LogP contribution in [0.2, 0.25) is 0 Å². The van der Waals surface area contributed by atoms with Crippen LogP contribution in [0.15, 0.2) is 30.3 Å². The first kappa shape index (κ1) is 44.0. The topological polar surface area (TPSA) is 223 Å². The SMILES string of the molecule is CCCCCC[C@@H](OC(=O)CNC(=O)[C@@H](C)[C@H](C)O)[C@@H](C)C(=O)N(C)[C@](C)(CC(C)C)C(=O)N[C@H](C(=O)N[C@@H](CN)C(N)=O)c1ccccc1. The normalized spacial score (nSPS) is 16.1. The Kier molecular flexibility index (Phi) is 18.7. The van der Waals surface area contributed by atoms with Crippen LogP contribution in [0.25, 0.3) is 0 Å². The van der Waals surface area contributed by atoms with E-state index in [9.17, 15) is 33.9 Å². The molecule has 0 aliphatic rings. The molecule has 0 aromatic heterocycles. The minimum atomic E-state index is -1.47. The third kappa shape index (κ3) is 13.3. The van der Waals surface area contributed by atoms with Gasteiger partial charge in [0.1, 0.15) is 30.3 Å². The Hall–Kier alpha value is -4.04. The summed E-state index contributed by atoms with van der Waals surface area (Å²) in [5.74, 6) is -5.51. The Labute approximate surface area is 296 Å². The monoisotopic (exact) mass is 704 g/mol. The smallest absolute Gasteiger partial charge is 0.325 e. The predicted molar refractivity (Wildman–Crippen MR) is 190 cm³/mol. The predicted octanol–water partition coefficient (Wildman–Crippen LogP) is 1.69. The first-order chi connectivity index (χ1) is 23.4. The number of rotatable bonds is 22. The van der Waals surface area contributed by atoms with Crippen LogP contribution < -0.4 is 27.4 Å². The molecule has 0 aliphatic carbocycles. The number of carbonyl (C=O) groups is 6. The Morgan fingerprint density at radius 2 is 1.54 bits per heavy atom. The number of benzene rings is 1.